The summed E-state index contributed by atoms with van der Waals surface area (Å²) in [5.41, 5.74) is -3.52. The van der Waals surface area contributed by atoms with Crippen LogP contribution >= 0.6 is 0 Å². The van der Waals surface area contributed by atoms with Crippen LogP contribution in [0.2, 0.25) is 0 Å². The van der Waals surface area contributed by atoms with E-state index in [1.54, 1.807) is 58.0 Å². The Balaban J connectivity index is 1.62. The average molecular weight is 571 g/mol. The molecule has 10 heteroatoms. The van der Waals surface area contributed by atoms with Gasteiger partial charge in [-0.25, -0.2) is 4.79 Å². The van der Waals surface area contributed by atoms with Crippen molar-refractivity contribution in [1.29, 1.82) is 0 Å². The molecule has 3 aliphatic heterocycles. The molecule has 4 fully saturated rings. The third-order valence-electron chi connectivity index (χ3n) is 9.55. The smallest absolute Gasteiger partial charge is 0.338 e. The van der Waals surface area contributed by atoms with Gasteiger partial charge in [0.15, 0.2) is 11.6 Å². The first-order chi connectivity index (χ1) is 19.1. The maximum absolute atomic E-state index is 14.2. The molecule has 1 aliphatic carbocycles. The highest BCUT2D eigenvalue weighted by atomic mass is 16.7. The number of fused-ring (bicyclic) bond motifs is 3. The molecule has 0 radical (unpaired) electrons. The summed E-state index contributed by atoms with van der Waals surface area (Å²) in [6.07, 6.45) is -4.31. The van der Waals surface area contributed by atoms with Crippen molar-refractivity contribution >= 4 is 29.5 Å². The highest BCUT2D eigenvalue weighted by molar-refractivity contribution is 6.01. The summed E-state index contributed by atoms with van der Waals surface area (Å²) in [6, 6.07) is 8.55. The molecule has 5 rings (SSSR count). The summed E-state index contributed by atoms with van der Waals surface area (Å²) in [7, 11) is 0. The van der Waals surface area contributed by atoms with E-state index >= 15 is 0 Å². The van der Waals surface area contributed by atoms with Crippen LogP contribution in [-0.4, -0.2) is 71.2 Å². The minimum Gasteiger partial charge on any atom is -0.461 e. The average Bonchev–Trinajstić information content (AvgIpc) is 3.42. The van der Waals surface area contributed by atoms with Crippen LogP contribution in [0, 0.1) is 23.2 Å². The van der Waals surface area contributed by atoms with Gasteiger partial charge < -0.3 is 23.7 Å². The zero-order valence-electron chi connectivity index (χ0n) is 24.5. The van der Waals surface area contributed by atoms with Gasteiger partial charge in [-0.2, -0.15) is 0 Å². The van der Waals surface area contributed by atoms with Crippen molar-refractivity contribution in [2.45, 2.75) is 103 Å². The number of carbonyl (C=O) groups excluding carboxylic acids is 5. The Bertz CT molecular complexity index is 1270. The van der Waals surface area contributed by atoms with E-state index in [0.29, 0.717) is 5.56 Å². The molecular weight excluding hydrogens is 532 g/mol. The lowest BCUT2D eigenvalue weighted by molar-refractivity contribution is -0.170. The maximum atomic E-state index is 14.2. The first-order valence-corrected chi connectivity index (χ1v) is 14.2. The lowest BCUT2D eigenvalue weighted by atomic mass is 9.71. The van der Waals surface area contributed by atoms with Crippen molar-refractivity contribution in [1.82, 2.24) is 0 Å². The zero-order valence-corrected chi connectivity index (χ0v) is 24.5. The van der Waals surface area contributed by atoms with Gasteiger partial charge >= 0.3 is 17.9 Å². The van der Waals surface area contributed by atoms with E-state index in [2.05, 4.69) is 0 Å². The molecule has 4 aliphatic rings. The van der Waals surface area contributed by atoms with Crippen molar-refractivity contribution in [3.63, 3.8) is 0 Å². The van der Waals surface area contributed by atoms with Gasteiger partial charge in [0, 0.05) is 20.3 Å². The fraction of sp³-hybridized carbons (Fsp3) is 0.645. The fourth-order valence-corrected chi connectivity index (χ4v) is 7.24. The Morgan fingerprint density at radius 2 is 1.46 bits per heavy atom. The summed E-state index contributed by atoms with van der Waals surface area (Å²) < 4.78 is 30.4. The van der Waals surface area contributed by atoms with Gasteiger partial charge in [0.1, 0.15) is 41.7 Å². The van der Waals surface area contributed by atoms with Crippen LogP contribution in [-0.2, 0) is 42.9 Å². The summed E-state index contributed by atoms with van der Waals surface area (Å²) >= 11 is 0. The second-order valence-corrected chi connectivity index (χ2v) is 12.8. The summed E-state index contributed by atoms with van der Waals surface area (Å²) in [6.45, 7) is 11.1. The van der Waals surface area contributed by atoms with Gasteiger partial charge in [0.05, 0.1) is 22.8 Å². The molecule has 10 nitrogen and oxygen atoms in total. The quantitative estimate of drug-likeness (QED) is 0.302. The van der Waals surface area contributed by atoms with Crippen LogP contribution < -0.4 is 0 Å². The Morgan fingerprint density at radius 1 is 0.854 bits per heavy atom. The molecule has 3 saturated heterocycles. The molecule has 1 spiro atoms. The fourth-order valence-electron chi connectivity index (χ4n) is 7.24. The van der Waals surface area contributed by atoms with Crippen molar-refractivity contribution in [3.8, 4) is 0 Å². The van der Waals surface area contributed by atoms with Crippen molar-refractivity contribution in [2.75, 3.05) is 0 Å². The van der Waals surface area contributed by atoms with Crippen LogP contribution in [0.5, 0.6) is 0 Å². The molecule has 10 unspecified atom stereocenters. The molecule has 0 N–H and O–H groups in total. The number of epoxide rings is 1. The molecular formula is C31H38O10. The number of hydrogen-bond acceptors (Lipinski definition) is 10. The Kier molecular flexibility index (Phi) is 7.18. The van der Waals surface area contributed by atoms with E-state index in [0.717, 1.165) is 0 Å². The van der Waals surface area contributed by atoms with E-state index in [4.69, 9.17) is 23.7 Å². The number of benzene rings is 1. The predicted molar refractivity (Wildman–Crippen MR) is 142 cm³/mol. The van der Waals surface area contributed by atoms with Gasteiger partial charge in [0.25, 0.3) is 0 Å². The highest BCUT2D eigenvalue weighted by Crippen LogP contribution is 2.61. The van der Waals surface area contributed by atoms with Crippen molar-refractivity contribution < 1.29 is 47.7 Å². The van der Waals surface area contributed by atoms with Crippen LogP contribution in [0.15, 0.2) is 30.3 Å². The number of esters is 3. The molecule has 3 heterocycles. The van der Waals surface area contributed by atoms with Crippen LogP contribution in [0.3, 0.4) is 0 Å². The molecule has 2 bridgehead atoms. The zero-order chi connectivity index (χ0) is 30.1. The van der Waals surface area contributed by atoms with Gasteiger partial charge in [-0.15, -0.1) is 0 Å². The largest absolute Gasteiger partial charge is 0.461 e. The number of Topliss-reactive ketones (excluding diaryl/α,β-unsaturated/α-hetero) is 2. The van der Waals surface area contributed by atoms with E-state index in [1.807, 2.05) is 6.92 Å². The SMILES string of the molecule is CC(=O)OC1CC(OC(C)=O)C2(C)OC2C2C(OC(=O)c3ccccc3)C(C)CC23OC(C(=O)C1(C)C)C(C)C3=O. The van der Waals surface area contributed by atoms with Gasteiger partial charge in [-0.05, 0) is 45.2 Å². The monoisotopic (exact) mass is 570 g/mol. The van der Waals surface area contributed by atoms with Gasteiger partial charge in [-0.3, -0.25) is 19.2 Å². The molecule has 10 atom stereocenters. The van der Waals surface area contributed by atoms with Gasteiger partial charge in [-0.1, -0.05) is 32.0 Å². The number of ether oxygens (including phenoxy) is 5. The molecule has 1 saturated carbocycles. The van der Waals surface area contributed by atoms with E-state index in [1.165, 1.54) is 13.8 Å². The van der Waals surface area contributed by atoms with E-state index < -0.39 is 76.9 Å². The van der Waals surface area contributed by atoms with Crippen molar-refractivity contribution in [2.24, 2.45) is 23.2 Å². The number of hydrogen-bond donors (Lipinski definition) is 0. The Morgan fingerprint density at radius 3 is 2.07 bits per heavy atom. The highest BCUT2D eigenvalue weighted by Gasteiger charge is 2.76. The minimum atomic E-state index is -1.46. The lowest BCUT2D eigenvalue weighted by Crippen LogP contribution is -2.50. The van der Waals surface area contributed by atoms with E-state index in [9.17, 15) is 24.0 Å². The molecule has 1 aromatic rings. The van der Waals surface area contributed by atoms with E-state index in [-0.39, 0.29) is 30.3 Å². The Labute approximate surface area is 239 Å². The molecule has 222 valence electrons. The Hall–Kier alpha value is -3.11. The summed E-state index contributed by atoms with van der Waals surface area (Å²) in [5.74, 6) is -4.22. The number of carbonyl (C=O) groups is 5. The third-order valence-corrected chi connectivity index (χ3v) is 9.55. The second-order valence-electron chi connectivity index (χ2n) is 12.8. The molecule has 0 amide bonds. The van der Waals surface area contributed by atoms with Crippen LogP contribution in [0.1, 0.15) is 71.7 Å². The van der Waals surface area contributed by atoms with Crippen molar-refractivity contribution in [3.05, 3.63) is 35.9 Å². The predicted octanol–water partition coefficient (Wildman–Crippen LogP) is 3.23. The molecule has 0 aromatic heterocycles. The minimum absolute atomic E-state index is 0.0102. The van der Waals surface area contributed by atoms with Crippen LogP contribution in [0.4, 0.5) is 0 Å². The van der Waals surface area contributed by atoms with Crippen LogP contribution in [0.25, 0.3) is 0 Å². The first kappa shape index (κ1) is 29.4. The molecule has 1 aromatic carbocycles. The number of rotatable bonds is 4. The third kappa shape index (κ3) is 4.69. The summed E-state index contributed by atoms with van der Waals surface area (Å²) in [4.78, 5) is 65.9. The molecule has 41 heavy (non-hydrogen) atoms. The normalized spacial score (nSPS) is 41.0. The maximum Gasteiger partial charge on any atom is 0.338 e. The first-order valence-electron chi connectivity index (χ1n) is 14.2. The topological polar surface area (TPSA) is 135 Å². The van der Waals surface area contributed by atoms with Gasteiger partial charge in [0.2, 0.25) is 0 Å². The summed E-state index contributed by atoms with van der Waals surface area (Å²) in [5, 5.41) is 0. The number of ketones is 2. The second kappa shape index (κ2) is 10.0. The standard InChI is InChI=1S/C31H38O10/c1-15-14-31-22(23(15)39-28(36)19-11-9-8-10-12-19)27-30(7,41-27)21(38-18(4)33)13-20(37-17(3)32)29(5,6)26(35)24(40-31)16(2)25(31)34/h8-12,15-16,20-24,27H,13-14H2,1-7H3. The lowest BCUT2D eigenvalue weighted by Gasteiger charge is -2.36.